The molecule has 0 fully saturated rings. The summed E-state index contributed by atoms with van der Waals surface area (Å²) in [5, 5.41) is 7.84. The van der Waals surface area contributed by atoms with Gasteiger partial charge < -0.3 is 10.1 Å². The zero-order valence-corrected chi connectivity index (χ0v) is 14.7. The minimum atomic E-state index is -0.165. The number of ether oxygens (including phenoxy) is 1. The molecule has 3 aromatic rings. The monoisotopic (exact) mass is 355 g/mol. The summed E-state index contributed by atoms with van der Waals surface area (Å²) >= 11 is 6.03. The van der Waals surface area contributed by atoms with E-state index in [2.05, 4.69) is 10.4 Å². The number of carbonyl (C=O) groups is 1. The number of nitrogens with zero attached hydrogens (tertiary/aromatic N) is 2. The van der Waals surface area contributed by atoms with Gasteiger partial charge in [0.25, 0.3) is 5.91 Å². The van der Waals surface area contributed by atoms with Crippen LogP contribution in [-0.2, 0) is 6.54 Å². The summed E-state index contributed by atoms with van der Waals surface area (Å²) < 4.78 is 6.83. The second kappa shape index (κ2) is 7.40. The van der Waals surface area contributed by atoms with Crippen LogP contribution in [0.2, 0.25) is 5.02 Å². The number of nitrogens with one attached hydrogen (secondary N) is 1. The van der Waals surface area contributed by atoms with Gasteiger partial charge in [-0.1, -0.05) is 29.8 Å². The molecule has 3 rings (SSSR count). The van der Waals surface area contributed by atoms with Gasteiger partial charge in [0, 0.05) is 11.6 Å². The molecule has 0 aliphatic rings. The van der Waals surface area contributed by atoms with Crippen LogP contribution < -0.4 is 10.1 Å². The summed E-state index contributed by atoms with van der Waals surface area (Å²) in [6, 6.07) is 14.9. The molecular formula is C19H18ClN3O2. The number of benzene rings is 2. The van der Waals surface area contributed by atoms with Gasteiger partial charge in [0.2, 0.25) is 0 Å². The van der Waals surface area contributed by atoms with E-state index in [-0.39, 0.29) is 5.91 Å². The van der Waals surface area contributed by atoms with Crippen LogP contribution in [0.1, 0.15) is 21.6 Å². The number of methoxy groups -OCH3 is 1. The Balaban J connectivity index is 1.72. The molecule has 0 atom stereocenters. The summed E-state index contributed by atoms with van der Waals surface area (Å²) in [5.41, 5.74) is 3.11. The third-order valence-corrected chi connectivity index (χ3v) is 4.15. The van der Waals surface area contributed by atoms with Gasteiger partial charge in [0.15, 0.2) is 0 Å². The molecule has 0 saturated carbocycles. The molecule has 2 aromatic carbocycles. The number of halogens is 1. The van der Waals surface area contributed by atoms with Gasteiger partial charge in [-0.3, -0.25) is 4.79 Å². The first-order valence-electron chi connectivity index (χ1n) is 7.80. The van der Waals surface area contributed by atoms with E-state index in [4.69, 9.17) is 16.3 Å². The first kappa shape index (κ1) is 17.0. The second-order valence-corrected chi connectivity index (χ2v) is 6.00. The lowest BCUT2D eigenvalue weighted by Crippen LogP contribution is -2.23. The van der Waals surface area contributed by atoms with E-state index < -0.39 is 0 Å². The van der Waals surface area contributed by atoms with E-state index in [9.17, 15) is 4.79 Å². The molecule has 0 saturated heterocycles. The maximum atomic E-state index is 12.5. The lowest BCUT2D eigenvalue weighted by atomic mass is 10.2. The lowest BCUT2D eigenvalue weighted by Gasteiger charge is -2.07. The smallest absolute Gasteiger partial charge is 0.255 e. The molecule has 5 nitrogen and oxygen atoms in total. The minimum Gasteiger partial charge on any atom is -0.497 e. The molecule has 1 heterocycles. The number of hydrogen-bond acceptors (Lipinski definition) is 3. The molecule has 0 bridgehead atoms. The number of aromatic nitrogens is 2. The van der Waals surface area contributed by atoms with E-state index in [1.807, 2.05) is 43.3 Å². The molecule has 0 radical (unpaired) electrons. The maximum Gasteiger partial charge on any atom is 0.255 e. The van der Waals surface area contributed by atoms with Crippen LogP contribution >= 0.6 is 11.6 Å². The minimum absolute atomic E-state index is 0.165. The van der Waals surface area contributed by atoms with Crippen molar-refractivity contribution in [1.82, 2.24) is 15.1 Å². The van der Waals surface area contributed by atoms with Crippen molar-refractivity contribution in [2.45, 2.75) is 13.5 Å². The molecular weight excluding hydrogens is 338 g/mol. The predicted octanol–water partition coefficient (Wildman–Crippen LogP) is 3.77. The molecule has 6 heteroatoms. The molecule has 25 heavy (non-hydrogen) atoms. The fourth-order valence-electron chi connectivity index (χ4n) is 2.52. The molecule has 0 aliphatic carbocycles. The van der Waals surface area contributed by atoms with Crippen molar-refractivity contribution in [2.75, 3.05) is 7.11 Å². The van der Waals surface area contributed by atoms with Crippen molar-refractivity contribution >= 4 is 17.5 Å². The van der Waals surface area contributed by atoms with Gasteiger partial charge in [0.05, 0.1) is 30.3 Å². The Morgan fingerprint density at radius 1 is 1.24 bits per heavy atom. The van der Waals surface area contributed by atoms with Crippen molar-refractivity contribution in [3.05, 3.63) is 76.6 Å². The number of carbonyl (C=O) groups excluding carboxylic acids is 1. The highest BCUT2D eigenvalue weighted by atomic mass is 35.5. The zero-order valence-electron chi connectivity index (χ0n) is 14.0. The van der Waals surface area contributed by atoms with Crippen molar-refractivity contribution in [1.29, 1.82) is 0 Å². The molecule has 1 amide bonds. The first-order chi connectivity index (χ1) is 12.1. The molecule has 0 spiro atoms. The van der Waals surface area contributed by atoms with E-state index >= 15 is 0 Å². The van der Waals surface area contributed by atoms with Crippen molar-refractivity contribution in [3.8, 4) is 11.4 Å². The number of hydrogen-bond donors (Lipinski definition) is 1. The number of amides is 1. The largest absolute Gasteiger partial charge is 0.497 e. The summed E-state index contributed by atoms with van der Waals surface area (Å²) in [6.45, 7) is 2.29. The van der Waals surface area contributed by atoms with Crippen LogP contribution in [0.5, 0.6) is 5.75 Å². The standard InChI is InChI=1S/C19H18ClN3O2/c1-13-18(12-22-23(13)16-5-3-4-15(20)10-16)19(24)21-11-14-6-8-17(25-2)9-7-14/h3-10,12H,11H2,1-2H3,(H,21,24). The Hall–Kier alpha value is -2.79. The van der Waals surface area contributed by atoms with Crippen LogP contribution in [0.4, 0.5) is 0 Å². The van der Waals surface area contributed by atoms with Crippen molar-refractivity contribution in [2.24, 2.45) is 0 Å². The molecule has 0 aliphatic heterocycles. The van der Waals surface area contributed by atoms with Crippen LogP contribution in [0.15, 0.2) is 54.7 Å². The van der Waals surface area contributed by atoms with Gasteiger partial charge in [0.1, 0.15) is 5.75 Å². The Morgan fingerprint density at radius 3 is 2.68 bits per heavy atom. The van der Waals surface area contributed by atoms with E-state index in [0.717, 1.165) is 22.7 Å². The summed E-state index contributed by atoms with van der Waals surface area (Å²) in [5.74, 6) is 0.621. The quantitative estimate of drug-likeness (QED) is 0.758. The Kier molecular flexibility index (Phi) is 5.05. The SMILES string of the molecule is COc1ccc(CNC(=O)c2cnn(-c3cccc(Cl)c3)c2C)cc1. The van der Waals surface area contributed by atoms with Gasteiger partial charge >= 0.3 is 0 Å². The fourth-order valence-corrected chi connectivity index (χ4v) is 2.71. The van der Waals surface area contributed by atoms with Crippen LogP contribution in [0, 0.1) is 6.92 Å². The lowest BCUT2D eigenvalue weighted by molar-refractivity contribution is 0.0950. The van der Waals surface area contributed by atoms with E-state index in [1.165, 1.54) is 0 Å². The third kappa shape index (κ3) is 3.83. The summed E-state index contributed by atoms with van der Waals surface area (Å²) in [7, 11) is 1.62. The molecule has 128 valence electrons. The van der Waals surface area contributed by atoms with Gasteiger partial charge in [-0.05, 0) is 42.8 Å². The maximum absolute atomic E-state index is 12.5. The number of rotatable bonds is 5. The summed E-state index contributed by atoms with van der Waals surface area (Å²) in [4.78, 5) is 12.5. The van der Waals surface area contributed by atoms with Crippen molar-refractivity contribution in [3.63, 3.8) is 0 Å². The van der Waals surface area contributed by atoms with E-state index in [0.29, 0.717) is 17.1 Å². The summed E-state index contributed by atoms with van der Waals surface area (Å²) in [6.07, 6.45) is 1.57. The van der Waals surface area contributed by atoms with Crippen LogP contribution in [0.3, 0.4) is 0 Å². The first-order valence-corrected chi connectivity index (χ1v) is 8.18. The van der Waals surface area contributed by atoms with Crippen LogP contribution in [-0.4, -0.2) is 22.8 Å². The highest BCUT2D eigenvalue weighted by Crippen LogP contribution is 2.18. The average Bonchev–Trinajstić information content (AvgIpc) is 3.01. The van der Waals surface area contributed by atoms with Crippen LogP contribution in [0.25, 0.3) is 5.69 Å². The third-order valence-electron chi connectivity index (χ3n) is 3.92. The van der Waals surface area contributed by atoms with Gasteiger partial charge in [-0.25, -0.2) is 4.68 Å². The predicted molar refractivity (Wildman–Crippen MR) is 97.5 cm³/mol. The normalized spacial score (nSPS) is 10.5. The molecule has 1 N–H and O–H groups in total. The van der Waals surface area contributed by atoms with Crippen molar-refractivity contribution < 1.29 is 9.53 Å². The zero-order chi connectivity index (χ0) is 17.8. The second-order valence-electron chi connectivity index (χ2n) is 5.57. The molecule has 1 aromatic heterocycles. The van der Waals surface area contributed by atoms with E-state index in [1.54, 1.807) is 30.1 Å². The average molecular weight is 356 g/mol. The highest BCUT2D eigenvalue weighted by molar-refractivity contribution is 6.30. The fraction of sp³-hybridized carbons (Fsp3) is 0.158. The topological polar surface area (TPSA) is 56.1 Å². The highest BCUT2D eigenvalue weighted by Gasteiger charge is 2.15. The Morgan fingerprint density at radius 2 is 2.00 bits per heavy atom. The Bertz CT molecular complexity index is 888. The Labute approximate surface area is 151 Å². The van der Waals surface area contributed by atoms with Gasteiger partial charge in [-0.2, -0.15) is 5.10 Å². The van der Waals surface area contributed by atoms with Gasteiger partial charge in [-0.15, -0.1) is 0 Å². The molecule has 0 unspecified atom stereocenters.